The van der Waals surface area contributed by atoms with Crippen LogP contribution in [0.25, 0.3) is 31.5 Å². The van der Waals surface area contributed by atoms with E-state index in [4.69, 9.17) is 11.5 Å². The SMILES string of the molecule is CCn1ccc2cc(C)cnc21.Cc1ccc2c(N)c(C)sc2n1.Cc1nc2sc(C)c(N)c2cc1F. The lowest BCUT2D eigenvalue weighted by molar-refractivity contribution is 0.613. The quantitative estimate of drug-likeness (QED) is 0.228. The van der Waals surface area contributed by atoms with E-state index >= 15 is 0 Å². The van der Waals surface area contributed by atoms with Crippen LogP contribution in [-0.2, 0) is 6.54 Å². The van der Waals surface area contributed by atoms with Crippen LogP contribution in [-0.4, -0.2) is 19.5 Å². The van der Waals surface area contributed by atoms with Crippen LogP contribution >= 0.6 is 22.7 Å². The molecule has 0 aliphatic rings. The fraction of sp³-hybridized carbons (Fsp3) is 0.250. The fourth-order valence-corrected chi connectivity index (χ4v) is 5.83. The molecule has 37 heavy (non-hydrogen) atoms. The minimum absolute atomic E-state index is 0.294. The van der Waals surface area contributed by atoms with E-state index in [1.54, 1.807) is 18.3 Å². The highest BCUT2D eigenvalue weighted by Crippen LogP contribution is 2.32. The minimum atomic E-state index is -0.294. The van der Waals surface area contributed by atoms with Gasteiger partial charge in [-0.2, -0.15) is 0 Å². The summed E-state index contributed by atoms with van der Waals surface area (Å²) in [5, 5.41) is 3.05. The van der Waals surface area contributed by atoms with Gasteiger partial charge in [0.05, 0.1) is 17.1 Å². The summed E-state index contributed by atoms with van der Waals surface area (Å²) < 4.78 is 15.3. The van der Waals surface area contributed by atoms with Gasteiger partial charge in [0.25, 0.3) is 0 Å². The fourth-order valence-electron chi connectivity index (χ4n) is 3.87. The molecule has 0 amide bonds. The molecule has 6 aromatic heterocycles. The summed E-state index contributed by atoms with van der Waals surface area (Å²) in [6, 6.07) is 9.76. The standard InChI is InChI=1S/C10H12N2.C9H9FN2S.C9H10N2S/c1-3-12-5-4-9-6-8(2)7-11-10(9)12;1-4-7(10)3-6-8(11)5(2)13-9(6)12-4;1-5-3-4-7-8(10)6(2)12-9(7)11-5/h4-7H,3H2,1-2H3;3H,11H2,1-2H3;3-4H,10H2,1-2H3. The molecule has 6 nitrogen and oxygen atoms in total. The lowest BCUT2D eigenvalue weighted by Crippen LogP contribution is -1.92. The van der Waals surface area contributed by atoms with Gasteiger partial charge >= 0.3 is 0 Å². The Morgan fingerprint density at radius 2 is 1.51 bits per heavy atom. The van der Waals surface area contributed by atoms with Gasteiger partial charge in [-0.3, -0.25) is 0 Å². The van der Waals surface area contributed by atoms with Gasteiger partial charge < -0.3 is 16.0 Å². The van der Waals surface area contributed by atoms with Crippen LogP contribution in [0, 0.1) is 40.4 Å². The molecule has 0 atom stereocenters. The molecular weight excluding hydrogens is 503 g/mol. The number of nitrogens with two attached hydrogens (primary N) is 2. The summed E-state index contributed by atoms with van der Waals surface area (Å²) in [7, 11) is 0. The van der Waals surface area contributed by atoms with E-state index in [-0.39, 0.29) is 5.82 Å². The Labute approximate surface area is 223 Å². The molecule has 4 N–H and O–H groups in total. The number of anilines is 2. The highest BCUT2D eigenvalue weighted by molar-refractivity contribution is 7.19. The van der Waals surface area contributed by atoms with E-state index in [1.165, 1.54) is 28.4 Å². The molecule has 0 aliphatic heterocycles. The van der Waals surface area contributed by atoms with Crippen LogP contribution in [0.2, 0.25) is 0 Å². The first kappa shape index (κ1) is 26.5. The van der Waals surface area contributed by atoms with Gasteiger partial charge in [-0.1, -0.05) is 0 Å². The Bertz CT molecular complexity index is 1710. The second-order valence-electron chi connectivity index (χ2n) is 8.88. The molecule has 0 saturated carbocycles. The topological polar surface area (TPSA) is 95.6 Å². The number of nitrogen functional groups attached to an aromatic ring is 2. The summed E-state index contributed by atoms with van der Waals surface area (Å²) in [5.41, 5.74) is 16.9. The second-order valence-corrected chi connectivity index (χ2v) is 11.3. The molecule has 0 radical (unpaired) electrons. The molecule has 0 saturated heterocycles. The molecule has 0 spiro atoms. The van der Waals surface area contributed by atoms with E-state index < -0.39 is 0 Å². The van der Waals surface area contributed by atoms with E-state index in [2.05, 4.69) is 51.7 Å². The van der Waals surface area contributed by atoms with Gasteiger partial charge in [-0.25, -0.2) is 19.3 Å². The van der Waals surface area contributed by atoms with E-state index in [0.29, 0.717) is 11.4 Å². The number of nitrogens with zero attached hydrogens (tertiary/aromatic N) is 4. The zero-order valence-electron chi connectivity index (χ0n) is 21.9. The van der Waals surface area contributed by atoms with E-state index in [9.17, 15) is 4.39 Å². The maximum absolute atomic E-state index is 13.1. The predicted octanol–water partition coefficient (Wildman–Crippen LogP) is 7.49. The second kappa shape index (κ2) is 10.8. The Morgan fingerprint density at radius 1 is 0.865 bits per heavy atom. The van der Waals surface area contributed by atoms with Crippen molar-refractivity contribution in [1.82, 2.24) is 19.5 Å². The third-order valence-corrected chi connectivity index (χ3v) is 8.09. The lowest BCUT2D eigenvalue weighted by atomic mass is 10.2. The van der Waals surface area contributed by atoms with Gasteiger partial charge in [-0.05, 0) is 77.4 Å². The Kier molecular flexibility index (Phi) is 7.75. The van der Waals surface area contributed by atoms with Crippen LogP contribution in [0.3, 0.4) is 0 Å². The number of hydrogen-bond donors (Lipinski definition) is 2. The van der Waals surface area contributed by atoms with Gasteiger partial charge in [0.15, 0.2) is 0 Å². The molecule has 6 rings (SSSR count). The van der Waals surface area contributed by atoms with Crippen molar-refractivity contribution in [2.24, 2.45) is 0 Å². The Morgan fingerprint density at radius 3 is 2.19 bits per heavy atom. The normalized spacial score (nSPS) is 10.9. The maximum atomic E-state index is 13.1. The smallest absolute Gasteiger partial charge is 0.145 e. The van der Waals surface area contributed by atoms with Crippen molar-refractivity contribution in [3.8, 4) is 0 Å². The van der Waals surface area contributed by atoms with Gasteiger partial charge in [0.2, 0.25) is 0 Å². The summed E-state index contributed by atoms with van der Waals surface area (Å²) in [4.78, 5) is 16.9. The monoisotopic (exact) mass is 534 g/mol. The molecule has 0 fully saturated rings. The zero-order valence-corrected chi connectivity index (χ0v) is 23.5. The number of rotatable bonds is 1. The van der Waals surface area contributed by atoms with Gasteiger partial charge in [0, 0.05) is 50.5 Å². The molecular formula is C28H31FN6S2. The van der Waals surface area contributed by atoms with Crippen molar-refractivity contribution in [2.75, 3.05) is 11.5 Å². The lowest BCUT2D eigenvalue weighted by Gasteiger charge is -1.98. The van der Waals surface area contributed by atoms with Crippen molar-refractivity contribution in [3.05, 3.63) is 75.2 Å². The van der Waals surface area contributed by atoms with Crippen LogP contribution in [0.4, 0.5) is 15.8 Å². The van der Waals surface area contributed by atoms with Crippen molar-refractivity contribution in [2.45, 2.75) is 48.1 Å². The van der Waals surface area contributed by atoms with E-state index in [0.717, 1.165) is 53.8 Å². The van der Waals surface area contributed by atoms with Crippen molar-refractivity contribution in [1.29, 1.82) is 0 Å². The first-order chi connectivity index (χ1) is 17.6. The number of pyridine rings is 3. The molecule has 0 aromatic carbocycles. The molecule has 0 unspecified atom stereocenters. The largest absolute Gasteiger partial charge is 0.397 e. The average Bonchev–Trinajstić information content (AvgIpc) is 3.48. The number of aromatic nitrogens is 4. The molecule has 0 aliphatic carbocycles. The highest BCUT2D eigenvalue weighted by atomic mass is 32.1. The van der Waals surface area contributed by atoms with Crippen LogP contribution < -0.4 is 11.5 Å². The number of thiophene rings is 2. The van der Waals surface area contributed by atoms with Crippen LogP contribution in [0.15, 0.2) is 42.7 Å². The third-order valence-electron chi connectivity index (χ3n) is 6.03. The van der Waals surface area contributed by atoms with Crippen molar-refractivity contribution in [3.63, 3.8) is 0 Å². The molecule has 0 bridgehead atoms. The Balaban J connectivity index is 0.000000130. The summed E-state index contributed by atoms with van der Waals surface area (Å²) in [5.74, 6) is -0.294. The van der Waals surface area contributed by atoms with Crippen molar-refractivity contribution < 1.29 is 4.39 Å². The third kappa shape index (κ3) is 5.57. The molecule has 6 heterocycles. The first-order valence-electron chi connectivity index (χ1n) is 11.9. The molecule has 192 valence electrons. The number of fused-ring (bicyclic) bond motifs is 3. The zero-order chi connectivity index (χ0) is 26.9. The summed E-state index contributed by atoms with van der Waals surface area (Å²) in [6.07, 6.45) is 3.99. The summed E-state index contributed by atoms with van der Waals surface area (Å²) >= 11 is 3.16. The number of halogens is 1. The van der Waals surface area contributed by atoms with Gasteiger partial charge in [-0.15, -0.1) is 22.7 Å². The first-order valence-corrected chi connectivity index (χ1v) is 13.6. The van der Waals surface area contributed by atoms with Gasteiger partial charge in [0.1, 0.15) is 21.1 Å². The average molecular weight is 535 g/mol. The highest BCUT2D eigenvalue weighted by Gasteiger charge is 2.10. The summed E-state index contributed by atoms with van der Waals surface area (Å²) in [6.45, 7) is 12.8. The number of aryl methyl sites for hydroxylation is 6. The number of hydrogen-bond acceptors (Lipinski definition) is 7. The van der Waals surface area contributed by atoms with Crippen LogP contribution in [0.5, 0.6) is 0 Å². The van der Waals surface area contributed by atoms with E-state index in [1.807, 2.05) is 39.1 Å². The molecule has 9 heteroatoms. The maximum Gasteiger partial charge on any atom is 0.145 e. The Hall–Kier alpha value is -3.56. The van der Waals surface area contributed by atoms with Crippen molar-refractivity contribution >= 4 is 65.5 Å². The molecule has 6 aromatic rings. The predicted molar refractivity (Wildman–Crippen MR) is 157 cm³/mol. The minimum Gasteiger partial charge on any atom is -0.397 e. The van der Waals surface area contributed by atoms with Crippen LogP contribution in [0.1, 0.15) is 33.6 Å².